The van der Waals surface area contributed by atoms with Crippen LogP contribution in [-0.2, 0) is 11.2 Å². The molecule has 1 aliphatic carbocycles. The van der Waals surface area contributed by atoms with E-state index in [1.807, 2.05) is 12.1 Å². The zero-order chi connectivity index (χ0) is 14.9. The largest absolute Gasteiger partial charge is 0.337 e. The summed E-state index contributed by atoms with van der Waals surface area (Å²) in [7, 11) is 0. The minimum Gasteiger partial charge on any atom is -0.337 e. The minimum atomic E-state index is -0.640. The molecule has 0 spiro atoms. The molecule has 4 heteroatoms. The Morgan fingerprint density at radius 1 is 1.38 bits per heavy atom. The molecule has 1 amide bonds. The number of carbonyl (C=O) groups excluding carboxylic acids is 1. The van der Waals surface area contributed by atoms with E-state index in [1.165, 1.54) is 10.5 Å². The number of thioether (sulfide) groups is 1. The van der Waals surface area contributed by atoms with Crippen LogP contribution in [0.25, 0.3) is 0 Å². The van der Waals surface area contributed by atoms with Crippen molar-refractivity contribution >= 4 is 17.7 Å². The highest BCUT2D eigenvalue weighted by atomic mass is 32.2. The van der Waals surface area contributed by atoms with Gasteiger partial charge in [-0.05, 0) is 49.7 Å². The normalized spacial score (nSPS) is 31.2. The fourth-order valence-electron chi connectivity index (χ4n) is 3.16. The highest BCUT2D eigenvalue weighted by Gasteiger charge is 2.38. The highest BCUT2D eigenvalue weighted by molar-refractivity contribution is 8.01. The van der Waals surface area contributed by atoms with Crippen molar-refractivity contribution in [1.82, 2.24) is 5.32 Å². The van der Waals surface area contributed by atoms with E-state index in [9.17, 15) is 10.1 Å². The van der Waals surface area contributed by atoms with E-state index in [0.717, 1.165) is 32.1 Å². The van der Waals surface area contributed by atoms with Gasteiger partial charge in [-0.25, -0.2) is 0 Å². The molecule has 2 aliphatic rings. The number of hydrogen-bond donors (Lipinski definition) is 1. The molecule has 1 heterocycles. The summed E-state index contributed by atoms with van der Waals surface area (Å²) in [6.45, 7) is 2.21. The number of benzene rings is 1. The molecule has 110 valence electrons. The smallest absolute Gasteiger partial charge is 0.235 e. The quantitative estimate of drug-likeness (QED) is 0.912. The topological polar surface area (TPSA) is 52.9 Å². The Balaban J connectivity index is 1.66. The molecular formula is C17H20N2OS. The lowest BCUT2D eigenvalue weighted by atomic mass is 9.78. The Hall–Kier alpha value is -1.47. The van der Waals surface area contributed by atoms with Crippen LogP contribution >= 0.6 is 11.8 Å². The Bertz CT molecular complexity index is 560. The lowest BCUT2D eigenvalue weighted by Gasteiger charge is -2.35. The van der Waals surface area contributed by atoms with Crippen molar-refractivity contribution in [2.45, 2.75) is 54.7 Å². The van der Waals surface area contributed by atoms with Crippen molar-refractivity contribution in [1.29, 1.82) is 5.26 Å². The van der Waals surface area contributed by atoms with Gasteiger partial charge in [0.25, 0.3) is 0 Å². The lowest BCUT2D eigenvalue weighted by Crippen LogP contribution is -2.52. The average molecular weight is 300 g/mol. The molecule has 0 saturated heterocycles. The molecule has 1 unspecified atom stereocenters. The van der Waals surface area contributed by atoms with Crippen molar-refractivity contribution in [3.8, 4) is 6.07 Å². The molecule has 1 N–H and O–H groups in total. The van der Waals surface area contributed by atoms with Crippen molar-refractivity contribution < 1.29 is 4.79 Å². The number of nitriles is 1. The van der Waals surface area contributed by atoms with Crippen LogP contribution in [0, 0.1) is 17.2 Å². The fraction of sp³-hybridized carbons (Fsp3) is 0.529. The first-order valence-electron chi connectivity index (χ1n) is 7.60. The van der Waals surface area contributed by atoms with Crippen molar-refractivity contribution in [3.05, 3.63) is 29.8 Å². The Morgan fingerprint density at radius 2 is 2.10 bits per heavy atom. The molecule has 0 bridgehead atoms. The molecule has 21 heavy (non-hydrogen) atoms. The third-order valence-corrected chi connectivity index (χ3v) is 5.96. The maximum atomic E-state index is 12.5. The van der Waals surface area contributed by atoms with Crippen LogP contribution in [0.4, 0.5) is 0 Å². The van der Waals surface area contributed by atoms with Crippen LogP contribution in [0.1, 0.15) is 38.2 Å². The molecule has 1 aromatic carbocycles. The van der Waals surface area contributed by atoms with Crippen LogP contribution in [0.5, 0.6) is 0 Å². The van der Waals surface area contributed by atoms with Crippen LogP contribution in [-0.4, -0.2) is 16.7 Å². The van der Waals surface area contributed by atoms with Crippen molar-refractivity contribution in [2.75, 3.05) is 0 Å². The molecular weight excluding hydrogens is 280 g/mol. The first kappa shape index (κ1) is 14.5. The van der Waals surface area contributed by atoms with Crippen LogP contribution in [0.3, 0.4) is 0 Å². The van der Waals surface area contributed by atoms with Gasteiger partial charge in [-0.2, -0.15) is 5.26 Å². The van der Waals surface area contributed by atoms with Gasteiger partial charge in [0.15, 0.2) is 0 Å². The molecule has 1 saturated carbocycles. The number of nitrogens with one attached hydrogen (secondary N) is 1. The summed E-state index contributed by atoms with van der Waals surface area (Å²) in [6, 6.07) is 10.5. The van der Waals surface area contributed by atoms with Gasteiger partial charge in [-0.1, -0.05) is 25.1 Å². The standard InChI is InChI=1S/C17H20N2OS/c1-12-6-8-17(11-18,9-7-12)19-16(20)15-10-13-4-2-3-5-14(13)21-15/h2-5,12,15H,6-10H2,1H3,(H,19,20). The third-order valence-electron chi connectivity index (χ3n) is 4.64. The number of amides is 1. The van der Waals surface area contributed by atoms with E-state index in [2.05, 4.69) is 30.4 Å². The summed E-state index contributed by atoms with van der Waals surface area (Å²) < 4.78 is 0. The molecule has 1 fully saturated rings. The summed E-state index contributed by atoms with van der Waals surface area (Å²) in [4.78, 5) is 13.7. The number of carbonyl (C=O) groups is 1. The molecule has 0 aromatic heterocycles. The Morgan fingerprint density at radius 3 is 2.76 bits per heavy atom. The Labute approximate surface area is 130 Å². The van der Waals surface area contributed by atoms with Gasteiger partial charge in [0.05, 0.1) is 11.3 Å². The van der Waals surface area contributed by atoms with E-state index in [-0.39, 0.29) is 11.2 Å². The number of nitrogens with zero attached hydrogens (tertiary/aromatic N) is 1. The van der Waals surface area contributed by atoms with Crippen molar-refractivity contribution in [3.63, 3.8) is 0 Å². The lowest BCUT2D eigenvalue weighted by molar-refractivity contribution is -0.122. The van der Waals surface area contributed by atoms with Gasteiger partial charge in [0, 0.05) is 4.90 Å². The van der Waals surface area contributed by atoms with Crippen molar-refractivity contribution in [2.24, 2.45) is 5.92 Å². The molecule has 1 atom stereocenters. The van der Waals surface area contributed by atoms with Crippen LogP contribution in [0.2, 0.25) is 0 Å². The number of hydrogen-bond acceptors (Lipinski definition) is 3. The monoisotopic (exact) mass is 300 g/mol. The third kappa shape index (κ3) is 2.94. The van der Waals surface area contributed by atoms with E-state index in [4.69, 9.17) is 0 Å². The van der Waals surface area contributed by atoms with Gasteiger partial charge >= 0.3 is 0 Å². The molecule has 1 aliphatic heterocycles. The predicted octanol–water partition coefficient (Wildman–Crippen LogP) is 3.29. The van der Waals surface area contributed by atoms with E-state index < -0.39 is 5.54 Å². The summed E-state index contributed by atoms with van der Waals surface area (Å²) in [5.74, 6) is 0.681. The number of rotatable bonds is 2. The maximum Gasteiger partial charge on any atom is 0.235 e. The molecule has 3 nitrogen and oxygen atoms in total. The highest BCUT2D eigenvalue weighted by Crippen LogP contribution is 2.38. The average Bonchev–Trinajstić information content (AvgIpc) is 2.94. The second-order valence-corrected chi connectivity index (χ2v) is 7.53. The number of fused-ring (bicyclic) bond motifs is 1. The zero-order valence-corrected chi connectivity index (χ0v) is 13.1. The van der Waals surface area contributed by atoms with E-state index in [0.29, 0.717) is 5.92 Å². The summed E-state index contributed by atoms with van der Waals surface area (Å²) >= 11 is 1.62. The summed E-state index contributed by atoms with van der Waals surface area (Å²) in [5, 5.41) is 12.5. The Kier molecular flexibility index (Phi) is 3.95. The predicted molar refractivity (Wildman–Crippen MR) is 83.9 cm³/mol. The SMILES string of the molecule is CC1CCC(C#N)(NC(=O)C2Cc3ccccc3S2)CC1. The summed E-state index contributed by atoms with van der Waals surface area (Å²) in [5.41, 5.74) is 0.602. The van der Waals surface area contributed by atoms with Crippen LogP contribution < -0.4 is 5.32 Å². The molecule has 0 radical (unpaired) electrons. The summed E-state index contributed by atoms with van der Waals surface area (Å²) in [6.07, 6.45) is 4.36. The first-order chi connectivity index (χ1) is 10.1. The van der Waals surface area contributed by atoms with Gasteiger partial charge in [0.1, 0.15) is 5.54 Å². The fourth-order valence-corrected chi connectivity index (χ4v) is 4.36. The van der Waals surface area contributed by atoms with Gasteiger partial charge in [-0.15, -0.1) is 11.8 Å². The molecule has 1 aromatic rings. The van der Waals surface area contributed by atoms with Gasteiger partial charge in [0.2, 0.25) is 5.91 Å². The van der Waals surface area contributed by atoms with Crippen LogP contribution in [0.15, 0.2) is 29.2 Å². The first-order valence-corrected chi connectivity index (χ1v) is 8.48. The van der Waals surface area contributed by atoms with E-state index >= 15 is 0 Å². The minimum absolute atomic E-state index is 0.0207. The molecule has 3 rings (SSSR count). The maximum absolute atomic E-state index is 12.5. The second-order valence-electron chi connectivity index (χ2n) is 6.28. The van der Waals surface area contributed by atoms with Gasteiger partial charge in [-0.3, -0.25) is 4.79 Å². The van der Waals surface area contributed by atoms with E-state index in [1.54, 1.807) is 11.8 Å². The second kappa shape index (κ2) is 5.73. The zero-order valence-electron chi connectivity index (χ0n) is 12.3. The van der Waals surface area contributed by atoms with Gasteiger partial charge < -0.3 is 5.32 Å².